The maximum Gasteiger partial charge on any atom is 0.244 e. The summed E-state index contributed by atoms with van der Waals surface area (Å²) in [6, 6.07) is 13.8. The molecule has 0 saturated heterocycles. The van der Waals surface area contributed by atoms with Crippen molar-refractivity contribution in [2.45, 2.75) is 32.1 Å². The van der Waals surface area contributed by atoms with Crippen molar-refractivity contribution in [1.29, 1.82) is 0 Å². The van der Waals surface area contributed by atoms with E-state index in [-0.39, 0.29) is 12.3 Å². The molecule has 4 nitrogen and oxygen atoms in total. The van der Waals surface area contributed by atoms with E-state index in [1.807, 2.05) is 30.3 Å². The van der Waals surface area contributed by atoms with Gasteiger partial charge in [0, 0.05) is 28.7 Å². The zero-order chi connectivity index (χ0) is 19.6. The first kappa shape index (κ1) is 21.3. The Bertz CT molecular complexity index is 773. The number of halogens is 1. The van der Waals surface area contributed by atoms with E-state index in [0.29, 0.717) is 5.02 Å². The molecule has 0 heterocycles. The fourth-order valence-electron chi connectivity index (χ4n) is 2.73. The van der Waals surface area contributed by atoms with Crippen LogP contribution < -0.4 is 10.3 Å². The fraction of sp³-hybridized carbons (Fsp3) is 0.333. The number of nitrogens with zero attached hydrogens (tertiary/aromatic N) is 2. The molecule has 6 heteroatoms. The van der Waals surface area contributed by atoms with Gasteiger partial charge in [-0.15, -0.1) is 11.8 Å². The third-order valence-electron chi connectivity index (χ3n) is 4.10. The van der Waals surface area contributed by atoms with Gasteiger partial charge in [0.05, 0.1) is 12.6 Å². The van der Waals surface area contributed by atoms with E-state index in [2.05, 4.69) is 48.3 Å². The Kier molecular flexibility index (Phi) is 8.69. The number of hydrazone groups is 1. The molecule has 2 rings (SSSR count). The lowest BCUT2D eigenvalue weighted by Crippen LogP contribution is -2.21. The Morgan fingerprint density at radius 2 is 1.85 bits per heavy atom. The summed E-state index contributed by atoms with van der Waals surface area (Å²) in [7, 11) is 0. The van der Waals surface area contributed by atoms with Crippen LogP contribution in [-0.4, -0.2) is 31.0 Å². The summed E-state index contributed by atoms with van der Waals surface area (Å²) in [6.07, 6.45) is 1.91. The number of hydrogen-bond acceptors (Lipinski definition) is 4. The highest BCUT2D eigenvalue weighted by Gasteiger charge is 2.08. The predicted octanol–water partition coefficient (Wildman–Crippen LogP) is 4.99. The Balaban J connectivity index is 1.94. The van der Waals surface area contributed by atoms with Gasteiger partial charge in [0.1, 0.15) is 0 Å². The van der Waals surface area contributed by atoms with Gasteiger partial charge in [0.25, 0.3) is 0 Å². The van der Waals surface area contributed by atoms with E-state index >= 15 is 0 Å². The van der Waals surface area contributed by atoms with Crippen molar-refractivity contribution < 1.29 is 4.79 Å². The topological polar surface area (TPSA) is 44.7 Å². The molecule has 0 aliphatic rings. The van der Waals surface area contributed by atoms with Crippen LogP contribution in [0.5, 0.6) is 0 Å². The zero-order valence-electron chi connectivity index (χ0n) is 16.0. The van der Waals surface area contributed by atoms with Crippen molar-refractivity contribution >= 4 is 41.2 Å². The van der Waals surface area contributed by atoms with E-state index in [1.165, 1.54) is 5.69 Å². The van der Waals surface area contributed by atoms with E-state index in [9.17, 15) is 4.79 Å². The molecule has 0 aliphatic heterocycles. The lowest BCUT2D eigenvalue weighted by molar-refractivity contribution is -0.120. The second kappa shape index (κ2) is 11.0. The first-order valence-electron chi connectivity index (χ1n) is 9.15. The fourth-order valence-corrected chi connectivity index (χ4v) is 3.72. The van der Waals surface area contributed by atoms with Crippen molar-refractivity contribution in [1.82, 2.24) is 5.43 Å². The van der Waals surface area contributed by atoms with Crippen LogP contribution >= 0.6 is 23.4 Å². The molecule has 2 aromatic rings. The Morgan fingerprint density at radius 3 is 2.48 bits per heavy atom. The molecule has 0 bridgehead atoms. The predicted molar refractivity (Wildman–Crippen MR) is 117 cm³/mol. The van der Waals surface area contributed by atoms with Gasteiger partial charge in [-0.05, 0) is 61.1 Å². The highest BCUT2D eigenvalue weighted by Crippen LogP contribution is 2.26. The van der Waals surface area contributed by atoms with Gasteiger partial charge in [-0.3, -0.25) is 4.79 Å². The molecule has 0 aromatic heterocycles. The van der Waals surface area contributed by atoms with Crippen LogP contribution in [0.2, 0.25) is 5.02 Å². The largest absolute Gasteiger partial charge is 0.372 e. The second-order valence-corrected chi connectivity index (χ2v) is 7.66. The van der Waals surface area contributed by atoms with Gasteiger partial charge in [0.15, 0.2) is 0 Å². The standard InChI is InChI=1S/C21H26ClN3OS/c1-4-25(5-2)19-10-7-16(8-11-19)15-23-24-21(26)14-17-13-18(22)9-12-20(17)27-6-3/h7-13,15H,4-6,14H2,1-3H3,(H,24,26)/b23-15-. The minimum Gasteiger partial charge on any atom is -0.372 e. The highest BCUT2D eigenvalue weighted by atomic mass is 35.5. The van der Waals surface area contributed by atoms with Crippen LogP contribution in [0.4, 0.5) is 5.69 Å². The van der Waals surface area contributed by atoms with Crippen LogP contribution in [0, 0.1) is 0 Å². The number of anilines is 1. The smallest absolute Gasteiger partial charge is 0.244 e. The number of amides is 1. The Labute approximate surface area is 171 Å². The lowest BCUT2D eigenvalue weighted by Gasteiger charge is -2.20. The van der Waals surface area contributed by atoms with Crippen LogP contribution in [0.3, 0.4) is 0 Å². The summed E-state index contributed by atoms with van der Waals surface area (Å²) < 4.78 is 0. The van der Waals surface area contributed by atoms with E-state index < -0.39 is 0 Å². The molecule has 1 N–H and O–H groups in total. The van der Waals surface area contributed by atoms with Crippen LogP contribution in [0.15, 0.2) is 52.5 Å². The van der Waals surface area contributed by atoms with E-state index in [1.54, 1.807) is 18.0 Å². The molecule has 0 atom stereocenters. The zero-order valence-corrected chi connectivity index (χ0v) is 17.6. The molecule has 0 aliphatic carbocycles. The molecular formula is C21H26ClN3OS. The molecule has 27 heavy (non-hydrogen) atoms. The van der Waals surface area contributed by atoms with Crippen LogP contribution in [0.1, 0.15) is 31.9 Å². The maximum absolute atomic E-state index is 12.2. The van der Waals surface area contributed by atoms with E-state index in [4.69, 9.17) is 11.6 Å². The van der Waals surface area contributed by atoms with Crippen molar-refractivity contribution in [3.63, 3.8) is 0 Å². The minimum absolute atomic E-state index is 0.161. The van der Waals surface area contributed by atoms with Crippen molar-refractivity contribution in [2.24, 2.45) is 5.10 Å². The number of carbonyl (C=O) groups excluding carboxylic acids is 1. The number of rotatable bonds is 9. The van der Waals surface area contributed by atoms with Crippen LogP contribution in [0.25, 0.3) is 0 Å². The molecule has 0 spiro atoms. The normalized spacial score (nSPS) is 11.0. The average molecular weight is 404 g/mol. The third kappa shape index (κ3) is 6.60. The first-order valence-corrected chi connectivity index (χ1v) is 10.5. The SMILES string of the molecule is CCSc1ccc(Cl)cc1CC(=O)N/N=C\c1ccc(N(CC)CC)cc1. The second-order valence-electron chi connectivity index (χ2n) is 5.92. The van der Waals surface area contributed by atoms with Crippen LogP contribution in [-0.2, 0) is 11.2 Å². The van der Waals surface area contributed by atoms with Gasteiger partial charge in [-0.25, -0.2) is 5.43 Å². The van der Waals surface area contributed by atoms with Crippen molar-refractivity contribution in [3.8, 4) is 0 Å². The van der Waals surface area contributed by atoms with Crippen molar-refractivity contribution in [2.75, 3.05) is 23.7 Å². The summed E-state index contributed by atoms with van der Waals surface area (Å²) in [5.41, 5.74) is 5.64. The maximum atomic E-state index is 12.2. The number of nitrogens with one attached hydrogen (secondary N) is 1. The molecule has 0 fully saturated rings. The average Bonchev–Trinajstić information content (AvgIpc) is 2.66. The van der Waals surface area contributed by atoms with Gasteiger partial charge in [0.2, 0.25) is 5.91 Å². The number of thioether (sulfide) groups is 1. The first-order chi connectivity index (χ1) is 13.1. The summed E-state index contributed by atoms with van der Waals surface area (Å²) >= 11 is 7.77. The van der Waals surface area contributed by atoms with Gasteiger partial charge in [-0.2, -0.15) is 5.10 Å². The lowest BCUT2D eigenvalue weighted by atomic mass is 10.1. The molecule has 2 aromatic carbocycles. The molecule has 144 valence electrons. The minimum atomic E-state index is -0.161. The molecule has 0 unspecified atom stereocenters. The van der Waals surface area contributed by atoms with Crippen molar-refractivity contribution in [3.05, 3.63) is 58.6 Å². The van der Waals surface area contributed by atoms with Gasteiger partial charge >= 0.3 is 0 Å². The molecule has 1 amide bonds. The third-order valence-corrected chi connectivity index (χ3v) is 5.33. The summed E-state index contributed by atoms with van der Waals surface area (Å²) in [5.74, 6) is 0.781. The molecular weight excluding hydrogens is 378 g/mol. The molecule has 0 saturated carbocycles. The quantitative estimate of drug-likeness (QED) is 0.364. The molecule has 0 radical (unpaired) electrons. The monoisotopic (exact) mass is 403 g/mol. The van der Waals surface area contributed by atoms with E-state index in [0.717, 1.165) is 34.9 Å². The number of carbonyl (C=O) groups is 1. The van der Waals surface area contributed by atoms with Gasteiger partial charge in [-0.1, -0.05) is 30.7 Å². The Morgan fingerprint density at radius 1 is 1.15 bits per heavy atom. The van der Waals surface area contributed by atoms with Gasteiger partial charge < -0.3 is 4.90 Å². The summed E-state index contributed by atoms with van der Waals surface area (Å²) in [5, 5.41) is 4.71. The summed E-state index contributed by atoms with van der Waals surface area (Å²) in [6.45, 7) is 8.31. The summed E-state index contributed by atoms with van der Waals surface area (Å²) in [4.78, 5) is 15.6. The number of benzene rings is 2. The Hall–Kier alpha value is -1.98. The highest BCUT2D eigenvalue weighted by molar-refractivity contribution is 7.99. The number of hydrogen-bond donors (Lipinski definition) is 1.